The van der Waals surface area contributed by atoms with Gasteiger partial charge in [-0.3, -0.25) is 9.69 Å². The number of piperazine rings is 1. The molecule has 2 aliphatic heterocycles. The predicted octanol–water partition coefficient (Wildman–Crippen LogP) is 4.26. The topological polar surface area (TPSA) is 61.6 Å². The Kier molecular flexibility index (Phi) is 5.16. The number of benzene rings is 2. The Hall–Kier alpha value is -2.93. The van der Waals surface area contributed by atoms with E-state index in [1.54, 1.807) is 6.07 Å². The summed E-state index contributed by atoms with van der Waals surface area (Å²) in [7, 11) is 0. The van der Waals surface area contributed by atoms with Crippen molar-refractivity contribution in [1.82, 2.24) is 10.1 Å². The molecular formula is C25H29FN4O2. The molecule has 1 aromatic heterocycles. The molecule has 0 unspecified atom stereocenters. The Balaban J connectivity index is 1.23. The molecule has 7 heteroatoms. The Morgan fingerprint density at radius 1 is 1.16 bits per heavy atom. The zero-order valence-corrected chi connectivity index (χ0v) is 18.9. The van der Waals surface area contributed by atoms with Crippen molar-refractivity contribution in [3.63, 3.8) is 0 Å². The molecular weight excluding hydrogens is 407 g/mol. The average Bonchev–Trinajstić information content (AvgIpc) is 3.16. The maximum Gasteiger partial charge on any atom is 0.225 e. The first-order valence-corrected chi connectivity index (χ1v) is 11.3. The molecule has 1 N–H and O–H groups in total. The summed E-state index contributed by atoms with van der Waals surface area (Å²) in [5.74, 6) is 0.552. The van der Waals surface area contributed by atoms with Crippen LogP contribution >= 0.6 is 0 Å². The van der Waals surface area contributed by atoms with Crippen LogP contribution in [0.4, 0.5) is 15.9 Å². The molecule has 0 saturated carbocycles. The largest absolute Gasteiger partial charge is 0.354 e. The summed E-state index contributed by atoms with van der Waals surface area (Å²) in [6.07, 6.45) is 1.49. The summed E-state index contributed by atoms with van der Waals surface area (Å²) in [6.45, 7) is 10.9. The zero-order chi connectivity index (χ0) is 22.5. The predicted molar refractivity (Wildman–Crippen MR) is 124 cm³/mol. The lowest BCUT2D eigenvalue weighted by Crippen LogP contribution is -2.47. The molecule has 1 fully saturated rings. The van der Waals surface area contributed by atoms with Crippen LogP contribution in [-0.2, 0) is 16.6 Å². The first-order valence-electron chi connectivity index (χ1n) is 11.3. The van der Waals surface area contributed by atoms with Crippen LogP contribution in [0.25, 0.3) is 11.0 Å². The van der Waals surface area contributed by atoms with Gasteiger partial charge in [-0.05, 0) is 48.2 Å². The van der Waals surface area contributed by atoms with E-state index in [-0.39, 0.29) is 17.1 Å². The first kappa shape index (κ1) is 20.9. The SMILES string of the molecule is Cc1cc(CCN2CCN(c3noc4ccc(F)cc34)CC2)cc2c1NC(=O)CC2(C)C. The fourth-order valence-electron chi connectivity index (χ4n) is 4.98. The van der Waals surface area contributed by atoms with E-state index in [4.69, 9.17) is 4.52 Å². The van der Waals surface area contributed by atoms with Crippen LogP contribution in [0.5, 0.6) is 0 Å². The quantitative estimate of drug-likeness (QED) is 0.662. The smallest absolute Gasteiger partial charge is 0.225 e. The minimum absolute atomic E-state index is 0.0962. The molecule has 6 nitrogen and oxygen atoms in total. The average molecular weight is 437 g/mol. The van der Waals surface area contributed by atoms with Crippen molar-refractivity contribution in [2.24, 2.45) is 0 Å². The molecule has 1 amide bonds. The molecule has 1 saturated heterocycles. The van der Waals surface area contributed by atoms with Gasteiger partial charge >= 0.3 is 0 Å². The maximum absolute atomic E-state index is 13.7. The molecule has 2 aromatic carbocycles. The van der Waals surface area contributed by atoms with Gasteiger partial charge in [0.05, 0.1) is 5.39 Å². The second-order valence-corrected chi connectivity index (χ2v) is 9.67. The number of hydrogen-bond acceptors (Lipinski definition) is 5. The van der Waals surface area contributed by atoms with E-state index in [0.29, 0.717) is 12.0 Å². The van der Waals surface area contributed by atoms with E-state index in [1.165, 1.54) is 23.3 Å². The number of carbonyl (C=O) groups excluding carboxylic acids is 1. The third-order valence-corrected chi connectivity index (χ3v) is 6.79. The highest BCUT2D eigenvalue weighted by molar-refractivity contribution is 5.96. The lowest BCUT2D eigenvalue weighted by molar-refractivity contribution is -0.117. The molecule has 5 rings (SSSR count). The molecule has 0 radical (unpaired) electrons. The summed E-state index contributed by atoms with van der Waals surface area (Å²) in [4.78, 5) is 16.7. The Morgan fingerprint density at radius 3 is 2.72 bits per heavy atom. The third-order valence-electron chi connectivity index (χ3n) is 6.79. The molecule has 0 aliphatic carbocycles. The number of rotatable bonds is 4. The second-order valence-electron chi connectivity index (χ2n) is 9.67. The minimum atomic E-state index is -0.274. The van der Waals surface area contributed by atoms with E-state index in [0.717, 1.165) is 61.6 Å². The first-order chi connectivity index (χ1) is 15.3. The Bertz CT molecular complexity index is 1180. The number of hydrogen-bond donors (Lipinski definition) is 1. The fourth-order valence-corrected chi connectivity index (χ4v) is 4.98. The maximum atomic E-state index is 13.7. The molecule has 168 valence electrons. The number of amides is 1. The number of anilines is 2. The number of aromatic nitrogens is 1. The van der Waals surface area contributed by atoms with E-state index in [1.807, 2.05) is 0 Å². The number of carbonyl (C=O) groups is 1. The number of fused-ring (bicyclic) bond motifs is 2. The van der Waals surface area contributed by atoms with Crippen molar-refractivity contribution in [2.75, 3.05) is 42.9 Å². The van der Waals surface area contributed by atoms with Gasteiger partial charge in [-0.25, -0.2) is 4.39 Å². The van der Waals surface area contributed by atoms with Gasteiger partial charge < -0.3 is 14.7 Å². The molecule has 0 bridgehead atoms. The van der Waals surface area contributed by atoms with Crippen LogP contribution in [0.1, 0.15) is 37.0 Å². The van der Waals surface area contributed by atoms with Crippen molar-refractivity contribution in [3.8, 4) is 0 Å². The van der Waals surface area contributed by atoms with Crippen molar-refractivity contribution >= 4 is 28.4 Å². The van der Waals surface area contributed by atoms with Crippen LogP contribution in [0.15, 0.2) is 34.9 Å². The zero-order valence-electron chi connectivity index (χ0n) is 18.9. The summed E-state index contributed by atoms with van der Waals surface area (Å²) in [6, 6.07) is 8.99. The highest BCUT2D eigenvalue weighted by Gasteiger charge is 2.33. The minimum Gasteiger partial charge on any atom is -0.354 e. The summed E-state index contributed by atoms with van der Waals surface area (Å²) in [5, 5.41) is 7.98. The second kappa shape index (κ2) is 7.89. The summed E-state index contributed by atoms with van der Waals surface area (Å²) >= 11 is 0. The Morgan fingerprint density at radius 2 is 1.94 bits per heavy atom. The van der Waals surface area contributed by atoms with Crippen molar-refractivity contribution in [1.29, 1.82) is 0 Å². The number of nitrogens with one attached hydrogen (secondary N) is 1. The van der Waals surface area contributed by atoms with Crippen LogP contribution < -0.4 is 10.2 Å². The van der Waals surface area contributed by atoms with Crippen molar-refractivity contribution in [3.05, 3.63) is 52.8 Å². The standard InChI is InChI=1S/C25H29FN4O2/c1-16-12-17(13-20-23(16)27-22(31)15-25(20,2)3)6-7-29-8-10-30(11-9-29)24-19-14-18(26)4-5-21(19)32-28-24/h4-5,12-14H,6-11,15H2,1-3H3,(H,27,31). The lowest BCUT2D eigenvalue weighted by Gasteiger charge is -2.35. The van der Waals surface area contributed by atoms with Gasteiger partial charge in [0.25, 0.3) is 0 Å². The Labute approximate surface area is 187 Å². The van der Waals surface area contributed by atoms with Crippen LogP contribution in [0, 0.1) is 12.7 Å². The van der Waals surface area contributed by atoms with E-state index in [2.05, 4.69) is 53.2 Å². The summed E-state index contributed by atoms with van der Waals surface area (Å²) in [5.41, 5.74) is 5.14. The highest BCUT2D eigenvalue weighted by atomic mass is 19.1. The van der Waals surface area contributed by atoms with Gasteiger partial charge in [-0.15, -0.1) is 0 Å². The van der Waals surface area contributed by atoms with Crippen molar-refractivity contribution in [2.45, 2.75) is 39.0 Å². The molecule has 0 spiro atoms. The number of nitrogens with zero attached hydrogens (tertiary/aromatic N) is 3. The molecule has 2 aliphatic rings. The summed E-state index contributed by atoms with van der Waals surface area (Å²) < 4.78 is 19.0. The third kappa shape index (κ3) is 3.86. The van der Waals surface area contributed by atoms with Crippen LogP contribution in [-0.4, -0.2) is 48.7 Å². The number of aryl methyl sites for hydroxylation is 1. The van der Waals surface area contributed by atoms with Crippen molar-refractivity contribution < 1.29 is 13.7 Å². The highest BCUT2D eigenvalue weighted by Crippen LogP contribution is 2.39. The fraction of sp³-hybridized carbons (Fsp3) is 0.440. The molecule has 0 atom stereocenters. The normalized spacial score (nSPS) is 18.6. The molecule has 3 heterocycles. The number of halogens is 1. The molecule has 32 heavy (non-hydrogen) atoms. The van der Waals surface area contributed by atoms with E-state index >= 15 is 0 Å². The van der Waals surface area contributed by atoms with E-state index in [9.17, 15) is 9.18 Å². The lowest BCUT2D eigenvalue weighted by atomic mass is 9.76. The van der Waals surface area contributed by atoms with E-state index < -0.39 is 0 Å². The monoisotopic (exact) mass is 436 g/mol. The van der Waals surface area contributed by atoms with Gasteiger partial charge in [0.15, 0.2) is 11.4 Å². The molecule has 3 aromatic rings. The van der Waals surface area contributed by atoms with Gasteiger partial charge in [-0.1, -0.05) is 31.1 Å². The van der Waals surface area contributed by atoms with Crippen LogP contribution in [0.3, 0.4) is 0 Å². The van der Waals surface area contributed by atoms with Gasteiger partial charge in [0.2, 0.25) is 5.91 Å². The van der Waals surface area contributed by atoms with Gasteiger partial charge in [-0.2, -0.15) is 0 Å². The van der Waals surface area contributed by atoms with Gasteiger partial charge in [0.1, 0.15) is 5.82 Å². The van der Waals surface area contributed by atoms with Gasteiger partial charge in [0, 0.05) is 50.2 Å². The van der Waals surface area contributed by atoms with Crippen LogP contribution in [0.2, 0.25) is 0 Å².